The molecule has 2 aromatic rings. The maximum atomic E-state index is 5.95. The molecule has 96 valence electrons. The molecule has 18 heavy (non-hydrogen) atoms. The van der Waals surface area contributed by atoms with E-state index in [1.807, 2.05) is 30.6 Å². The molecule has 0 saturated carbocycles. The van der Waals surface area contributed by atoms with Gasteiger partial charge in [0.25, 0.3) is 0 Å². The van der Waals surface area contributed by atoms with Gasteiger partial charge < -0.3 is 10.3 Å². The zero-order valence-electron chi connectivity index (χ0n) is 11.3. The molecular weight excluding hydrogens is 222 g/mol. The zero-order chi connectivity index (χ0) is 13.2. The fourth-order valence-electron chi connectivity index (χ4n) is 2.26. The monoisotopic (exact) mass is 243 g/mol. The lowest BCUT2D eigenvalue weighted by Crippen LogP contribution is -2.31. The van der Waals surface area contributed by atoms with Crippen molar-refractivity contribution in [2.45, 2.75) is 26.8 Å². The largest absolute Gasteiger partial charge is 0.328 e. The predicted octanol–water partition coefficient (Wildman–Crippen LogP) is 3.10. The Balaban J connectivity index is 2.45. The Morgan fingerprint density at radius 1 is 1.22 bits per heavy atom. The lowest BCUT2D eigenvalue weighted by Gasteiger charge is -2.32. The summed E-state index contributed by atoms with van der Waals surface area (Å²) in [4.78, 5) is 4.48. The molecule has 0 bridgehead atoms. The molecule has 0 amide bonds. The van der Waals surface area contributed by atoms with Crippen LogP contribution in [0.15, 0.2) is 42.7 Å². The molecule has 0 aliphatic heterocycles. The third-order valence-electron chi connectivity index (χ3n) is 3.26. The second-order valence-corrected chi connectivity index (χ2v) is 5.64. The van der Waals surface area contributed by atoms with E-state index >= 15 is 0 Å². The first-order valence-corrected chi connectivity index (χ1v) is 6.32. The Hall–Kier alpha value is -1.61. The van der Waals surface area contributed by atoms with Gasteiger partial charge in [0.1, 0.15) is 5.82 Å². The summed E-state index contributed by atoms with van der Waals surface area (Å²) >= 11 is 0. The Labute approximate surface area is 109 Å². The van der Waals surface area contributed by atoms with Gasteiger partial charge in [-0.2, -0.15) is 0 Å². The molecule has 1 unspecified atom stereocenters. The Kier molecular flexibility index (Phi) is 3.53. The predicted molar refractivity (Wildman–Crippen MR) is 75.2 cm³/mol. The quantitative estimate of drug-likeness (QED) is 0.900. The second-order valence-electron chi connectivity index (χ2n) is 5.64. The first-order chi connectivity index (χ1) is 8.54. The number of imidazole rings is 1. The minimum atomic E-state index is 0.110. The summed E-state index contributed by atoms with van der Waals surface area (Å²) in [6, 6.07) is 10.5. The van der Waals surface area contributed by atoms with E-state index in [9.17, 15) is 0 Å². The highest BCUT2D eigenvalue weighted by Crippen LogP contribution is 2.32. The molecule has 0 spiro atoms. The SMILES string of the molecule is CC(C)(C)C(CN)n1ccnc1-c1ccccc1. The summed E-state index contributed by atoms with van der Waals surface area (Å²) in [6.45, 7) is 7.23. The minimum Gasteiger partial charge on any atom is -0.328 e. The molecule has 0 fully saturated rings. The highest BCUT2D eigenvalue weighted by Gasteiger charge is 2.26. The summed E-state index contributed by atoms with van der Waals surface area (Å²) in [7, 11) is 0. The average molecular weight is 243 g/mol. The van der Waals surface area contributed by atoms with Gasteiger partial charge in [-0.3, -0.25) is 0 Å². The molecule has 2 N–H and O–H groups in total. The number of aromatic nitrogens is 2. The van der Waals surface area contributed by atoms with Gasteiger partial charge in [-0.25, -0.2) is 4.98 Å². The standard InChI is InChI=1S/C15H21N3/c1-15(2,3)13(11-16)18-10-9-17-14(18)12-7-5-4-6-8-12/h4-10,13H,11,16H2,1-3H3. The number of benzene rings is 1. The van der Waals surface area contributed by atoms with Crippen molar-refractivity contribution < 1.29 is 0 Å². The van der Waals surface area contributed by atoms with E-state index in [4.69, 9.17) is 5.73 Å². The van der Waals surface area contributed by atoms with E-state index < -0.39 is 0 Å². The summed E-state index contributed by atoms with van der Waals surface area (Å²) in [6.07, 6.45) is 3.86. The van der Waals surface area contributed by atoms with Crippen molar-refractivity contribution in [3.63, 3.8) is 0 Å². The maximum absolute atomic E-state index is 5.95. The summed E-state index contributed by atoms with van der Waals surface area (Å²) in [5.41, 5.74) is 7.19. The molecule has 0 aliphatic carbocycles. The van der Waals surface area contributed by atoms with Crippen molar-refractivity contribution in [1.82, 2.24) is 9.55 Å². The lowest BCUT2D eigenvalue weighted by molar-refractivity contribution is 0.250. The van der Waals surface area contributed by atoms with Crippen LogP contribution in [-0.4, -0.2) is 16.1 Å². The van der Waals surface area contributed by atoms with Crippen LogP contribution in [-0.2, 0) is 0 Å². The zero-order valence-corrected chi connectivity index (χ0v) is 11.3. The van der Waals surface area contributed by atoms with Crippen LogP contribution in [0, 0.1) is 5.41 Å². The van der Waals surface area contributed by atoms with E-state index in [-0.39, 0.29) is 11.5 Å². The molecule has 1 aromatic heterocycles. The number of nitrogens with two attached hydrogens (primary N) is 1. The van der Waals surface area contributed by atoms with Crippen molar-refractivity contribution in [2.75, 3.05) is 6.54 Å². The summed E-state index contributed by atoms with van der Waals surface area (Å²) in [5, 5.41) is 0. The third kappa shape index (κ3) is 2.46. The molecule has 1 heterocycles. The van der Waals surface area contributed by atoms with Crippen LogP contribution in [0.1, 0.15) is 26.8 Å². The Bertz CT molecular complexity index is 494. The van der Waals surface area contributed by atoms with E-state index in [0.29, 0.717) is 6.54 Å². The number of hydrogen-bond acceptors (Lipinski definition) is 2. The van der Waals surface area contributed by atoms with Gasteiger partial charge in [0.15, 0.2) is 0 Å². The van der Waals surface area contributed by atoms with Gasteiger partial charge in [0.2, 0.25) is 0 Å². The first-order valence-electron chi connectivity index (χ1n) is 6.32. The van der Waals surface area contributed by atoms with Crippen LogP contribution in [0.4, 0.5) is 0 Å². The maximum Gasteiger partial charge on any atom is 0.140 e. The number of rotatable bonds is 3. The summed E-state index contributed by atoms with van der Waals surface area (Å²) < 4.78 is 2.19. The molecule has 3 nitrogen and oxygen atoms in total. The van der Waals surface area contributed by atoms with Crippen molar-refractivity contribution in [1.29, 1.82) is 0 Å². The smallest absolute Gasteiger partial charge is 0.140 e. The fourth-order valence-corrected chi connectivity index (χ4v) is 2.26. The van der Waals surface area contributed by atoms with Gasteiger partial charge in [-0.15, -0.1) is 0 Å². The van der Waals surface area contributed by atoms with Gasteiger partial charge >= 0.3 is 0 Å². The van der Waals surface area contributed by atoms with Crippen molar-refractivity contribution >= 4 is 0 Å². The van der Waals surface area contributed by atoms with Crippen molar-refractivity contribution in [3.8, 4) is 11.4 Å². The van der Waals surface area contributed by atoms with Crippen molar-refractivity contribution in [3.05, 3.63) is 42.7 Å². The molecule has 3 heteroatoms. The second kappa shape index (κ2) is 4.94. The highest BCUT2D eigenvalue weighted by molar-refractivity contribution is 5.55. The lowest BCUT2D eigenvalue weighted by atomic mass is 9.86. The first kappa shape index (κ1) is 12.8. The third-order valence-corrected chi connectivity index (χ3v) is 3.26. The van der Waals surface area contributed by atoms with Crippen LogP contribution in [0.5, 0.6) is 0 Å². The van der Waals surface area contributed by atoms with Gasteiger partial charge in [0, 0.05) is 24.5 Å². The number of hydrogen-bond donors (Lipinski definition) is 1. The average Bonchev–Trinajstić information content (AvgIpc) is 2.78. The molecule has 2 rings (SSSR count). The van der Waals surface area contributed by atoms with Gasteiger partial charge in [0.05, 0.1) is 6.04 Å². The molecule has 0 radical (unpaired) electrons. The summed E-state index contributed by atoms with van der Waals surface area (Å²) in [5.74, 6) is 0.987. The molecule has 1 aromatic carbocycles. The highest BCUT2D eigenvalue weighted by atomic mass is 15.1. The molecule has 1 atom stereocenters. The minimum absolute atomic E-state index is 0.110. The van der Waals surface area contributed by atoms with Crippen molar-refractivity contribution in [2.24, 2.45) is 11.1 Å². The Morgan fingerprint density at radius 2 is 1.89 bits per heavy atom. The topological polar surface area (TPSA) is 43.8 Å². The van der Waals surface area contributed by atoms with E-state index in [0.717, 1.165) is 11.4 Å². The van der Waals surface area contributed by atoms with E-state index in [2.05, 4.69) is 42.5 Å². The number of nitrogens with zero attached hydrogens (tertiary/aromatic N) is 2. The van der Waals surface area contributed by atoms with Crippen LogP contribution >= 0.6 is 0 Å². The van der Waals surface area contributed by atoms with Gasteiger partial charge in [-0.1, -0.05) is 51.1 Å². The molecular formula is C15H21N3. The van der Waals surface area contributed by atoms with Crippen LogP contribution < -0.4 is 5.73 Å². The molecule has 0 aliphatic rings. The fraction of sp³-hybridized carbons (Fsp3) is 0.400. The Morgan fingerprint density at radius 3 is 2.44 bits per heavy atom. The normalized spacial score (nSPS) is 13.6. The molecule has 0 saturated heterocycles. The van der Waals surface area contributed by atoms with Crippen LogP contribution in [0.3, 0.4) is 0 Å². The van der Waals surface area contributed by atoms with E-state index in [1.165, 1.54) is 0 Å². The van der Waals surface area contributed by atoms with E-state index in [1.54, 1.807) is 0 Å². The van der Waals surface area contributed by atoms with Crippen LogP contribution in [0.25, 0.3) is 11.4 Å². The van der Waals surface area contributed by atoms with Crippen LogP contribution in [0.2, 0.25) is 0 Å². The van der Waals surface area contributed by atoms with Gasteiger partial charge in [-0.05, 0) is 5.41 Å².